The van der Waals surface area contributed by atoms with Crippen molar-refractivity contribution in [2.45, 2.75) is 24.6 Å². The number of benzene rings is 3. The van der Waals surface area contributed by atoms with Crippen LogP contribution >= 0.6 is 11.6 Å². The summed E-state index contributed by atoms with van der Waals surface area (Å²) in [6.45, 7) is 0. The molecule has 0 aliphatic carbocycles. The predicted molar refractivity (Wildman–Crippen MR) is 115 cm³/mol. The van der Waals surface area contributed by atoms with E-state index in [9.17, 15) is 4.79 Å². The molecule has 1 amide bonds. The van der Waals surface area contributed by atoms with Gasteiger partial charge in [0.25, 0.3) is 0 Å². The molecule has 3 aromatic rings. The van der Waals surface area contributed by atoms with Crippen LogP contribution in [-0.2, 0) is 16.1 Å². The maximum Gasteiger partial charge on any atom is 0.237 e. The summed E-state index contributed by atoms with van der Waals surface area (Å²) in [5.41, 5.74) is 5.16. The van der Waals surface area contributed by atoms with E-state index in [1.54, 1.807) is 0 Å². The van der Waals surface area contributed by atoms with E-state index in [1.165, 1.54) is 5.56 Å². The second kappa shape index (κ2) is 6.71. The van der Waals surface area contributed by atoms with Crippen molar-refractivity contribution in [3.8, 4) is 0 Å². The van der Waals surface area contributed by atoms with Gasteiger partial charge >= 0.3 is 0 Å². The first-order chi connectivity index (χ1) is 14.7. The molecule has 1 saturated heterocycles. The molecule has 0 radical (unpaired) electrons. The molecule has 6 rings (SSSR count). The number of carbonyl (C=O) groups is 1. The van der Waals surface area contributed by atoms with Crippen molar-refractivity contribution < 1.29 is 9.63 Å². The van der Waals surface area contributed by atoms with Crippen LogP contribution in [0.25, 0.3) is 0 Å². The van der Waals surface area contributed by atoms with Gasteiger partial charge < -0.3 is 9.74 Å². The van der Waals surface area contributed by atoms with Gasteiger partial charge in [-0.25, -0.2) is 0 Å². The van der Waals surface area contributed by atoms with Gasteiger partial charge in [0, 0.05) is 10.6 Å². The highest BCUT2D eigenvalue weighted by atomic mass is 35.5. The molecule has 0 spiro atoms. The molecule has 0 bridgehead atoms. The first kappa shape index (κ1) is 17.7. The lowest BCUT2D eigenvalue weighted by molar-refractivity contribution is -0.133. The van der Waals surface area contributed by atoms with Gasteiger partial charge in [0.1, 0.15) is 11.6 Å². The van der Waals surface area contributed by atoms with Gasteiger partial charge in [-0.2, -0.15) is 0 Å². The molecule has 4 nitrogen and oxygen atoms in total. The molecular weight excluding hydrogens is 396 g/mol. The Hall–Kier alpha value is -3.11. The van der Waals surface area contributed by atoms with Crippen LogP contribution in [0.5, 0.6) is 0 Å². The van der Waals surface area contributed by atoms with Crippen LogP contribution in [0.15, 0.2) is 84.0 Å². The van der Waals surface area contributed by atoms with E-state index in [2.05, 4.69) is 35.5 Å². The third-order valence-electron chi connectivity index (χ3n) is 6.47. The highest BCUT2D eigenvalue weighted by Gasteiger charge is 2.59. The monoisotopic (exact) mass is 414 g/mol. The average molecular weight is 415 g/mol. The smallest absolute Gasteiger partial charge is 0.237 e. The summed E-state index contributed by atoms with van der Waals surface area (Å²) in [5.74, 6) is -0.326. The van der Waals surface area contributed by atoms with Crippen molar-refractivity contribution in [2.24, 2.45) is 11.1 Å². The Morgan fingerprint density at radius 3 is 2.47 bits per heavy atom. The summed E-state index contributed by atoms with van der Waals surface area (Å²) in [6, 6.07) is 25.9. The van der Waals surface area contributed by atoms with E-state index >= 15 is 0 Å². The molecule has 0 saturated carbocycles. The quantitative estimate of drug-likeness (QED) is 0.596. The van der Waals surface area contributed by atoms with E-state index < -0.39 is 5.92 Å². The Labute approximate surface area is 179 Å². The van der Waals surface area contributed by atoms with E-state index in [-0.39, 0.29) is 24.1 Å². The Kier molecular flexibility index (Phi) is 3.96. The Morgan fingerprint density at radius 1 is 0.933 bits per heavy atom. The molecule has 3 aromatic carbocycles. The number of rotatable bonds is 2. The zero-order valence-corrected chi connectivity index (χ0v) is 16.9. The van der Waals surface area contributed by atoms with Crippen molar-refractivity contribution in [1.82, 2.24) is 4.90 Å². The minimum absolute atomic E-state index is 0.0146. The largest absolute Gasteiger partial charge is 0.388 e. The highest BCUT2D eigenvalue weighted by molar-refractivity contribution is 6.30. The number of hydrogen-bond acceptors (Lipinski definition) is 3. The second-order valence-electron chi connectivity index (χ2n) is 8.05. The van der Waals surface area contributed by atoms with Crippen molar-refractivity contribution in [1.29, 1.82) is 0 Å². The normalized spacial score (nSPS) is 26.5. The summed E-state index contributed by atoms with van der Waals surface area (Å²) < 4.78 is 0. The molecule has 3 aliphatic heterocycles. The molecule has 0 N–H and O–H groups in total. The summed E-state index contributed by atoms with van der Waals surface area (Å²) in [7, 11) is 0. The maximum absolute atomic E-state index is 13.8. The summed E-state index contributed by atoms with van der Waals surface area (Å²) >= 11 is 6.05. The van der Waals surface area contributed by atoms with Crippen molar-refractivity contribution in [3.63, 3.8) is 0 Å². The van der Waals surface area contributed by atoms with Gasteiger partial charge in [0.15, 0.2) is 6.10 Å². The number of nitrogens with zero attached hydrogens (tertiary/aromatic N) is 2. The van der Waals surface area contributed by atoms with E-state index in [0.717, 1.165) is 23.1 Å². The minimum atomic E-state index is -0.409. The topological polar surface area (TPSA) is 41.9 Å². The predicted octanol–water partition coefficient (Wildman–Crippen LogP) is 4.94. The van der Waals surface area contributed by atoms with Gasteiger partial charge in [-0.15, -0.1) is 0 Å². The third-order valence-corrected chi connectivity index (χ3v) is 6.73. The van der Waals surface area contributed by atoms with Crippen LogP contribution in [0.1, 0.15) is 34.3 Å². The molecule has 3 heterocycles. The molecule has 0 unspecified atom stereocenters. The fourth-order valence-electron chi connectivity index (χ4n) is 5.14. The van der Waals surface area contributed by atoms with Gasteiger partial charge in [-0.3, -0.25) is 4.79 Å². The van der Waals surface area contributed by atoms with Gasteiger partial charge in [-0.1, -0.05) is 83.5 Å². The second-order valence-corrected chi connectivity index (χ2v) is 8.49. The number of fused-ring (bicyclic) bond motifs is 5. The van der Waals surface area contributed by atoms with Crippen LogP contribution < -0.4 is 0 Å². The molecule has 0 aromatic heterocycles. The fourth-order valence-corrected chi connectivity index (χ4v) is 5.27. The molecule has 148 valence electrons. The number of oxime groups is 1. The van der Waals surface area contributed by atoms with Gasteiger partial charge in [0.2, 0.25) is 5.91 Å². The summed E-state index contributed by atoms with van der Waals surface area (Å²) in [5, 5.41) is 5.01. The molecular formula is C25H19ClN2O2. The molecule has 1 fully saturated rings. The lowest BCUT2D eigenvalue weighted by Gasteiger charge is -2.40. The zero-order chi connectivity index (χ0) is 20.2. The Morgan fingerprint density at radius 2 is 1.67 bits per heavy atom. The Balaban J connectivity index is 1.46. The van der Waals surface area contributed by atoms with Gasteiger partial charge in [0.05, 0.1) is 12.1 Å². The van der Waals surface area contributed by atoms with Crippen molar-refractivity contribution in [2.75, 3.05) is 0 Å². The third kappa shape index (κ3) is 2.53. The van der Waals surface area contributed by atoms with Crippen LogP contribution in [0, 0.1) is 5.92 Å². The molecule has 30 heavy (non-hydrogen) atoms. The number of halogens is 1. The molecule has 3 aliphatic rings. The first-order valence-electron chi connectivity index (χ1n) is 10.2. The molecule has 5 heteroatoms. The minimum Gasteiger partial charge on any atom is -0.388 e. The van der Waals surface area contributed by atoms with E-state index in [1.807, 2.05) is 53.4 Å². The van der Waals surface area contributed by atoms with Crippen LogP contribution in [0.2, 0.25) is 5.02 Å². The lowest BCUT2D eigenvalue weighted by atomic mass is 9.84. The zero-order valence-electron chi connectivity index (χ0n) is 16.1. The maximum atomic E-state index is 13.8. The number of amides is 1. The van der Waals surface area contributed by atoms with E-state index in [4.69, 9.17) is 16.4 Å². The lowest BCUT2D eigenvalue weighted by Crippen LogP contribution is -2.40. The molecule has 4 atom stereocenters. The van der Waals surface area contributed by atoms with Crippen molar-refractivity contribution in [3.05, 3.63) is 106 Å². The van der Waals surface area contributed by atoms with E-state index in [0.29, 0.717) is 10.7 Å². The highest BCUT2D eigenvalue weighted by Crippen LogP contribution is 2.51. The SMILES string of the molecule is O=C1[C@@H]2C(c3ccc(Cl)cc3)=NO[C@@H]2[C@@H]2c3ccccc3C[C@@H](c3ccccc3)N12. The summed E-state index contributed by atoms with van der Waals surface area (Å²) in [6.07, 6.45) is 0.478. The van der Waals surface area contributed by atoms with Crippen LogP contribution in [0.3, 0.4) is 0 Å². The first-order valence-corrected chi connectivity index (χ1v) is 10.5. The van der Waals surface area contributed by atoms with Crippen molar-refractivity contribution >= 4 is 23.2 Å². The number of carbonyl (C=O) groups excluding carboxylic acids is 1. The standard InChI is InChI=1S/C25H19ClN2O2/c26-18-12-10-16(11-13-18)22-21-24(30-27-22)23-19-9-5-4-8-17(19)14-20(28(23)25(21)29)15-6-2-1-3-7-15/h1-13,20-21,23-24H,14H2/t20-,21+,23-,24-/m0/s1. The van der Waals surface area contributed by atoms with Crippen LogP contribution in [-0.4, -0.2) is 22.6 Å². The number of hydrogen-bond donors (Lipinski definition) is 0. The summed E-state index contributed by atoms with van der Waals surface area (Å²) in [4.78, 5) is 21.8. The van der Waals surface area contributed by atoms with Crippen LogP contribution in [0.4, 0.5) is 0 Å². The van der Waals surface area contributed by atoms with Gasteiger partial charge in [-0.05, 0) is 35.2 Å². The fraction of sp³-hybridized carbons (Fsp3) is 0.200. The average Bonchev–Trinajstić information content (AvgIpc) is 3.34. The Bertz CT molecular complexity index is 1160.